The predicted octanol–water partition coefficient (Wildman–Crippen LogP) is 1.98. The number of nitro benzene ring substituents is 1. The first-order valence-electron chi connectivity index (χ1n) is 6.24. The SMILES string of the molecule is O=[N+]([O-])c1ccc(-c2noc(C[n+]3ccccc3)n2)cc1. The molecule has 3 rings (SSSR count). The number of hydrogen-bond acceptors (Lipinski definition) is 5. The maximum absolute atomic E-state index is 10.6. The molecule has 0 spiro atoms. The fourth-order valence-electron chi connectivity index (χ4n) is 1.86. The third kappa shape index (κ3) is 2.92. The molecular weight excluding hydrogens is 272 g/mol. The van der Waals surface area contributed by atoms with Gasteiger partial charge in [0.05, 0.1) is 4.92 Å². The molecule has 0 atom stereocenters. The molecule has 21 heavy (non-hydrogen) atoms. The summed E-state index contributed by atoms with van der Waals surface area (Å²) in [6, 6.07) is 11.8. The molecule has 0 bridgehead atoms. The van der Waals surface area contributed by atoms with E-state index in [2.05, 4.69) is 10.1 Å². The highest BCUT2D eigenvalue weighted by Gasteiger charge is 2.13. The Kier molecular flexibility index (Phi) is 3.38. The van der Waals surface area contributed by atoms with Gasteiger partial charge in [-0.2, -0.15) is 9.55 Å². The molecule has 0 amide bonds. The second kappa shape index (κ2) is 5.49. The lowest BCUT2D eigenvalue weighted by atomic mass is 10.2. The van der Waals surface area contributed by atoms with Crippen LogP contribution in [0, 0.1) is 10.1 Å². The van der Waals surface area contributed by atoms with Crippen molar-refractivity contribution in [2.75, 3.05) is 0 Å². The first-order valence-corrected chi connectivity index (χ1v) is 6.24. The van der Waals surface area contributed by atoms with Gasteiger partial charge < -0.3 is 4.52 Å². The molecule has 0 radical (unpaired) electrons. The maximum Gasteiger partial charge on any atom is 0.292 e. The summed E-state index contributed by atoms with van der Waals surface area (Å²) in [6.45, 7) is 0.473. The second-order valence-electron chi connectivity index (χ2n) is 4.36. The van der Waals surface area contributed by atoms with E-state index in [-0.39, 0.29) is 5.69 Å². The Morgan fingerprint density at radius 2 is 1.86 bits per heavy atom. The van der Waals surface area contributed by atoms with E-state index >= 15 is 0 Å². The quantitative estimate of drug-likeness (QED) is 0.415. The summed E-state index contributed by atoms with van der Waals surface area (Å²) in [7, 11) is 0. The molecule has 7 heteroatoms. The van der Waals surface area contributed by atoms with Crippen molar-refractivity contribution < 1.29 is 14.0 Å². The highest BCUT2D eigenvalue weighted by molar-refractivity contribution is 5.56. The van der Waals surface area contributed by atoms with Crippen LogP contribution in [0.2, 0.25) is 0 Å². The van der Waals surface area contributed by atoms with Crippen LogP contribution in [0.5, 0.6) is 0 Å². The van der Waals surface area contributed by atoms with Crippen LogP contribution in [0.15, 0.2) is 59.4 Å². The smallest absolute Gasteiger partial charge is 0.292 e. The van der Waals surface area contributed by atoms with Gasteiger partial charge in [0.1, 0.15) is 0 Å². The number of hydrogen-bond donors (Lipinski definition) is 0. The largest absolute Gasteiger partial charge is 0.332 e. The van der Waals surface area contributed by atoms with Crippen LogP contribution >= 0.6 is 0 Å². The van der Waals surface area contributed by atoms with E-state index in [0.717, 1.165) is 0 Å². The van der Waals surface area contributed by atoms with Gasteiger partial charge in [-0.15, -0.1) is 0 Å². The van der Waals surface area contributed by atoms with Crippen molar-refractivity contribution >= 4 is 5.69 Å². The summed E-state index contributed by atoms with van der Waals surface area (Å²) in [5.74, 6) is 0.885. The lowest BCUT2D eigenvalue weighted by molar-refractivity contribution is -0.690. The molecule has 0 saturated heterocycles. The fourth-order valence-corrected chi connectivity index (χ4v) is 1.86. The van der Waals surface area contributed by atoms with Crippen LogP contribution in [0.3, 0.4) is 0 Å². The minimum Gasteiger partial charge on any atom is -0.332 e. The van der Waals surface area contributed by atoms with Gasteiger partial charge in [-0.1, -0.05) is 11.2 Å². The molecule has 3 aromatic rings. The van der Waals surface area contributed by atoms with Gasteiger partial charge in [0.2, 0.25) is 12.4 Å². The zero-order valence-corrected chi connectivity index (χ0v) is 10.9. The molecule has 0 fully saturated rings. The van der Waals surface area contributed by atoms with Crippen LogP contribution in [0.1, 0.15) is 5.89 Å². The topological polar surface area (TPSA) is 85.9 Å². The highest BCUT2D eigenvalue weighted by Crippen LogP contribution is 2.19. The van der Waals surface area contributed by atoms with E-state index in [4.69, 9.17) is 4.52 Å². The fraction of sp³-hybridized carbons (Fsp3) is 0.0714. The molecule has 0 saturated carbocycles. The van der Waals surface area contributed by atoms with Gasteiger partial charge in [0.15, 0.2) is 12.4 Å². The average molecular weight is 283 g/mol. The molecule has 0 aliphatic heterocycles. The van der Waals surface area contributed by atoms with Crippen molar-refractivity contribution in [2.24, 2.45) is 0 Å². The van der Waals surface area contributed by atoms with Crippen molar-refractivity contribution in [1.29, 1.82) is 0 Å². The summed E-state index contributed by atoms with van der Waals surface area (Å²) < 4.78 is 7.09. The monoisotopic (exact) mass is 283 g/mol. The molecule has 2 heterocycles. The van der Waals surface area contributed by atoms with Crippen LogP contribution in [0.4, 0.5) is 5.69 Å². The third-order valence-electron chi connectivity index (χ3n) is 2.90. The Morgan fingerprint density at radius 3 is 2.52 bits per heavy atom. The van der Waals surface area contributed by atoms with Gasteiger partial charge in [-0.3, -0.25) is 10.1 Å². The van der Waals surface area contributed by atoms with E-state index in [9.17, 15) is 10.1 Å². The molecule has 0 aliphatic rings. The summed E-state index contributed by atoms with van der Waals surface area (Å²) in [5.41, 5.74) is 0.705. The molecule has 104 valence electrons. The Balaban J connectivity index is 1.80. The normalized spacial score (nSPS) is 10.5. The minimum absolute atomic E-state index is 0.0299. The van der Waals surface area contributed by atoms with Crippen molar-refractivity contribution in [3.63, 3.8) is 0 Å². The molecular formula is C14H11N4O3+. The molecule has 1 aromatic carbocycles. The van der Waals surface area contributed by atoms with E-state index in [1.54, 1.807) is 12.1 Å². The van der Waals surface area contributed by atoms with E-state index in [1.165, 1.54) is 12.1 Å². The van der Waals surface area contributed by atoms with Crippen LogP contribution in [-0.4, -0.2) is 15.1 Å². The average Bonchev–Trinajstić information content (AvgIpc) is 2.97. The summed E-state index contributed by atoms with van der Waals surface area (Å²) in [5, 5.41) is 14.5. The number of pyridine rings is 1. The van der Waals surface area contributed by atoms with E-state index < -0.39 is 4.92 Å². The van der Waals surface area contributed by atoms with E-state index in [0.29, 0.717) is 23.8 Å². The Labute approximate surface area is 119 Å². The van der Waals surface area contributed by atoms with Crippen molar-refractivity contribution in [3.8, 4) is 11.4 Å². The number of benzene rings is 1. The van der Waals surface area contributed by atoms with Crippen LogP contribution < -0.4 is 4.57 Å². The molecule has 7 nitrogen and oxygen atoms in total. The van der Waals surface area contributed by atoms with Crippen molar-refractivity contribution in [2.45, 2.75) is 6.54 Å². The van der Waals surface area contributed by atoms with Gasteiger partial charge in [0, 0.05) is 29.8 Å². The zero-order chi connectivity index (χ0) is 14.7. The Bertz CT molecular complexity index is 753. The number of aromatic nitrogens is 3. The van der Waals surface area contributed by atoms with Gasteiger partial charge in [-0.25, -0.2) is 0 Å². The zero-order valence-electron chi connectivity index (χ0n) is 10.9. The summed E-state index contributed by atoms with van der Waals surface area (Å²) in [6.07, 6.45) is 3.80. The Hall–Kier alpha value is -3.09. The summed E-state index contributed by atoms with van der Waals surface area (Å²) in [4.78, 5) is 14.4. The van der Waals surface area contributed by atoms with Gasteiger partial charge >= 0.3 is 0 Å². The summed E-state index contributed by atoms with van der Waals surface area (Å²) >= 11 is 0. The highest BCUT2D eigenvalue weighted by atomic mass is 16.6. The van der Waals surface area contributed by atoms with Gasteiger partial charge in [0.25, 0.3) is 11.6 Å². The number of non-ortho nitro benzene ring substituents is 1. The minimum atomic E-state index is -0.447. The molecule has 0 aliphatic carbocycles. The first-order chi connectivity index (χ1) is 10.2. The van der Waals surface area contributed by atoms with E-state index in [1.807, 2.05) is 35.2 Å². The predicted molar refractivity (Wildman–Crippen MR) is 72.1 cm³/mol. The molecule has 2 aromatic heterocycles. The van der Waals surface area contributed by atoms with Crippen molar-refractivity contribution in [3.05, 3.63) is 70.9 Å². The number of nitrogens with zero attached hydrogens (tertiary/aromatic N) is 4. The lowest BCUT2D eigenvalue weighted by Gasteiger charge is -1.93. The van der Waals surface area contributed by atoms with Crippen LogP contribution in [0.25, 0.3) is 11.4 Å². The maximum atomic E-state index is 10.6. The molecule has 0 unspecified atom stereocenters. The number of rotatable bonds is 4. The standard InChI is InChI=1S/C14H11N4O3/c19-18(20)12-6-4-11(5-7-12)14-15-13(21-16-14)10-17-8-2-1-3-9-17/h1-9H,10H2/q+1. The first kappa shape index (κ1) is 12.9. The third-order valence-corrected chi connectivity index (χ3v) is 2.90. The molecule has 0 N–H and O–H groups in total. The lowest BCUT2D eigenvalue weighted by Crippen LogP contribution is -2.32. The number of nitro groups is 1. The van der Waals surface area contributed by atoms with Crippen LogP contribution in [-0.2, 0) is 6.54 Å². The van der Waals surface area contributed by atoms with Gasteiger partial charge in [-0.05, 0) is 12.1 Å². The van der Waals surface area contributed by atoms with Crippen molar-refractivity contribution in [1.82, 2.24) is 10.1 Å². The second-order valence-corrected chi connectivity index (χ2v) is 4.36. The Morgan fingerprint density at radius 1 is 1.14 bits per heavy atom.